The third kappa shape index (κ3) is 4.75. The Kier molecular flexibility index (Phi) is 6.00. The Morgan fingerprint density at radius 1 is 1.28 bits per heavy atom. The van der Waals surface area contributed by atoms with Gasteiger partial charge in [-0.25, -0.2) is 9.07 Å². The highest BCUT2D eigenvalue weighted by Gasteiger charge is 2.10. The third-order valence-electron chi connectivity index (χ3n) is 3.08. The minimum atomic E-state index is -0.316. The first-order chi connectivity index (χ1) is 12.0. The summed E-state index contributed by atoms with van der Waals surface area (Å²) >= 11 is 11.3. The highest BCUT2D eigenvalue weighted by Crippen LogP contribution is 2.25. The zero-order chi connectivity index (χ0) is 17.8. The largest absolute Gasteiger partial charge is 0.324 e. The molecule has 0 unspecified atom stereocenters. The molecule has 0 saturated heterocycles. The Bertz CT molecular complexity index is 956. The van der Waals surface area contributed by atoms with Crippen LogP contribution >= 0.6 is 51.2 Å². The van der Waals surface area contributed by atoms with Crippen molar-refractivity contribution in [2.75, 3.05) is 11.1 Å². The summed E-state index contributed by atoms with van der Waals surface area (Å²) in [5.41, 5.74) is 1.41. The second kappa shape index (κ2) is 8.22. The fourth-order valence-electron chi connectivity index (χ4n) is 1.94. The fraction of sp³-hybridized carbons (Fsp3) is 0.0625. The first-order valence-corrected chi connectivity index (χ1v) is 10.1. The van der Waals surface area contributed by atoms with Gasteiger partial charge in [-0.3, -0.25) is 4.79 Å². The van der Waals surface area contributed by atoms with Gasteiger partial charge >= 0.3 is 0 Å². The van der Waals surface area contributed by atoms with Crippen molar-refractivity contribution < 1.29 is 9.18 Å². The smallest absolute Gasteiger partial charge is 0.234 e. The molecule has 1 heterocycles. The normalized spacial score (nSPS) is 10.6. The Balaban J connectivity index is 1.65. The molecule has 0 spiro atoms. The predicted molar refractivity (Wildman–Crippen MR) is 106 cm³/mol. The summed E-state index contributed by atoms with van der Waals surface area (Å²) in [7, 11) is 0. The van der Waals surface area contributed by atoms with Crippen molar-refractivity contribution in [1.29, 1.82) is 0 Å². The number of carbonyl (C=O) groups is 1. The molecular weight excluding hydrogens is 445 g/mol. The average molecular weight is 456 g/mol. The lowest BCUT2D eigenvalue weighted by Crippen LogP contribution is -2.14. The van der Waals surface area contributed by atoms with Gasteiger partial charge in [-0.2, -0.15) is 0 Å². The van der Waals surface area contributed by atoms with E-state index >= 15 is 0 Å². The third-order valence-corrected chi connectivity index (χ3v) is 6.13. The van der Waals surface area contributed by atoms with Crippen molar-refractivity contribution in [1.82, 2.24) is 9.78 Å². The van der Waals surface area contributed by atoms with Crippen molar-refractivity contribution in [2.24, 2.45) is 0 Å². The molecule has 0 bridgehead atoms. The number of nitrogens with zero attached hydrogens (tertiary/aromatic N) is 2. The molecular formula is C16H11BrFN3OS3. The zero-order valence-electron chi connectivity index (χ0n) is 12.6. The number of thioether (sulfide) groups is 1. The molecule has 128 valence electrons. The number of anilines is 1. The van der Waals surface area contributed by atoms with Crippen LogP contribution in [0, 0.1) is 9.77 Å². The first-order valence-electron chi connectivity index (χ1n) is 7.06. The lowest BCUT2D eigenvalue weighted by molar-refractivity contribution is -0.113. The van der Waals surface area contributed by atoms with Gasteiger partial charge in [0, 0.05) is 4.47 Å². The van der Waals surface area contributed by atoms with Crippen molar-refractivity contribution in [2.45, 2.75) is 4.34 Å². The van der Waals surface area contributed by atoms with E-state index in [1.165, 1.54) is 35.2 Å². The number of halogens is 2. The predicted octanol–water partition coefficient (Wildman–Crippen LogP) is 5.30. The molecule has 25 heavy (non-hydrogen) atoms. The lowest BCUT2D eigenvalue weighted by atomic mass is 10.3. The maximum absolute atomic E-state index is 13.0. The Morgan fingerprint density at radius 2 is 2.00 bits per heavy atom. The Hall–Kier alpha value is -1.55. The molecule has 0 aliphatic carbocycles. The van der Waals surface area contributed by atoms with Crippen LogP contribution < -0.4 is 5.32 Å². The first kappa shape index (κ1) is 18.2. The summed E-state index contributed by atoms with van der Waals surface area (Å²) < 4.78 is 16.6. The lowest BCUT2D eigenvalue weighted by Gasteiger charge is -2.05. The number of rotatable bonds is 5. The van der Waals surface area contributed by atoms with E-state index in [1.807, 2.05) is 24.3 Å². The standard InChI is InChI=1S/C16H11BrFN3OS3/c17-12-3-1-2-4-13(12)19-14(22)9-24-15-20-21(16(23)25-15)11-7-5-10(18)6-8-11/h1-8H,9H2,(H,19,22). The van der Waals surface area contributed by atoms with E-state index in [4.69, 9.17) is 12.2 Å². The van der Waals surface area contributed by atoms with Crippen LogP contribution in [-0.2, 0) is 4.79 Å². The molecule has 9 heteroatoms. The summed E-state index contributed by atoms with van der Waals surface area (Å²) in [5, 5.41) is 7.22. The number of benzene rings is 2. The van der Waals surface area contributed by atoms with Gasteiger partial charge in [0.1, 0.15) is 5.82 Å². The van der Waals surface area contributed by atoms with Gasteiger partial charge in [-0.15, -0.1) is 5.10 Å². The summed E-state index contributed by atoms with van der Waals surface area (Å²) in [6.07, 6.45) is 0. The number of para-hydroxylation sites is 1. The minimum Gasteiger partial charge on any atom is -0.324 e. The molecule has 1 N–H and O–H groups in total. The van der Waals surface area contributed by atoms with E-state index in [2.05, 4.69) is 26.3 Å². The van der Waals surface area contributed by atoms with E-state index in [0.717, 1.165) is 10.2 Å². The van der Waals surface area contributed by atoms with Crippen LogP contribution in [-0.4, -0.2) is 21.4 Å². The van der Waals surface area contributed by atoms with Gasteiger partial charge < -0.3 is 5.32 Å². The summed E-state index contributed by atoms with van der Waals surface area (Å²) in [6, 6.07) is 13.3. The Morgan fingerprint density at radius 3 is 2.72 bits per heavy atom. The monoisotopic (exact) mass is 455 g/mol. The maximum atomic E-state index is 13.0. The van der Waals surface area contributed by atoms with Crippen molar-refractivity contribution in [3.05, 3.63) is 62.8 Å². The number of carbonyl (C=O) groups excluding carboxylic acids is 1. The second-order valence-corrected chi connectivity index (χ2v) is 8.54. The van der Waals surface area contributed by atoms with Gasteiger partial charge in [-0.1, -0.05) is 35.2 Å². The molecule has 0 fully saturated rings. The molecule has 0 atom stereocenters. The minimum absolute atomic E-state index is 0.133. The molecule has 1 aromatic heterocycles. The van der Waals surface area contributed by atoms with Gasteiger partial charge in [0.2, 0.25) is 5.91 Å². The van der Waals surface area contributed by atoms with Crippen LogP contribution in [0.1, 0.15) is 0 Å². The van der Waals surface area contributed by atoms with E-state index in [9.17, 15) is 9.18 Å². The van der Waals surface area contributed by atoms with E-state index in [1.54, 1.807) is 16.8 Å². The van der Waals surface area contributed by atoms with Crippen molar-refractivity contribution >= 4 is 62.8 Å². The topological polar surface area (TPSA) is 46.9 Å². The molecule has 1 amide bonds. The maximum Gasteiger partial charge on any atom is 0.234 e. The zero-order valence-corrected chi connectivity index (χ0v) is 16.6. The highest BCUT2D eigenvalue weighted by atomic mass is 79.9. The quantitative estimate of drug-likeness (QED) is 0.419. The Labute approximate surface area is 165 Å². The molecule has 0 aliphatic rings. The van der Waals surface area contributed by atoms with E-state index in [0.29, 0.717) is 14.0 Å². The molecule has 0 saturated carbocycles. The average Bonchev–Trinajstić information content (AvgIpc) is 2.97. The van der Waals surface area contributed by atoms with Crippen LogP contribution in [0.15, 0.2) is 57.3 Å². The number of hydrogen-bond acceptors (Lipinski definition) is 5. The number of aromatic nitrogens is 2. The van der Waals surface area contributed by atoms with Crippen LogP contribution in [0.3, 0.4) is 0 Å². The molecule has 0 aliphatic heterocycles. The van der Waals surface area contributed by atoms with Gasteiger partial charge in [0.25, 0.3) is 0 Å². The molecule has 2 aromatic carbocycles. The number of amides is 1. The van der Waals surface area contributed by atoms with Gasteiger partial charge in [0.05, 0.1) is 17.1 Å². The van der Waals surface area contributed by atoms with Crippen LogP contribution in [0.25, 0.3) is 5.69 Å². The SMILES string of the molecule is O=C(CSc1nn(-c2ccc(F)cc2)c(=S)s1)Nc1ccccc1Br. The van der Waals surface area contributed by atoms with Gasteiger partial charge in [0.15, 0.2) is 8.29 Å². The summed E-state index contributed by atoms with van der Waals surface area (Å²) in [4.78, 5) is 12.1. The summed E-state index contributed by atoms with van der Waals surface area (Å²) in [6.45, 7) is 0. The second-order valence-electron chi connectivity index (χ2n) is 4.84. The molecule has 0 radical (unpaired) electrons. The highest BCUT2D eigenvalue weighted by molar-refractivity contribution is 9.10. The van der Waals surface area contributed by atoms with Crippen LogP contribution in [0.4, 0.5) is 10.1 Å². The van der Waals surface area contributed by atoms with E-state index < -0.39 is 0 Å². The van der Waals surface area contributed by atoms with E-state index in [-0.39, 0.29) is 17.5 Å². The summed E-state index contributed by atoms with van der Waals surface area (Å²) in [5.74, 6) is -0.234. The van der Waals surface area contributed by atoms with Crippen molar-refractivity contribution in [3.8, 4) is 5.69 Å². The van der Waals surface area contributed by atoms with Crippen molar-refractivity contribution in [3.63, 3.8) is 0 Å². The van der Waals surface area contributed by atoms with Gasteiger partial charge in [-0.05, 0) is 64.5 Å². The number of nitrogens with one attached hydrogen (secondary N) is 1. The molecule has 3 aromatic rings. The van der Waals surface area contributed by atoms with Crippen LogP contribution in [0.5, 0.6) is 0 Å². The molecule has 4 nitrogen and oxygen atoms in total. The van der Waals surface area contributed by atoms with Crippen LogP contribution in [0.2, 0.25) is 0 Å². The number of hydrogen-bond donors (Lipinski definition) is 1. The fourth-order valence-corrected chi connectivity index (χ4v) is 4.49. The molecule has 3 rings (SSSR count).